The zero-order valence-electron chi connectivity index (χ0n) is 11.7. The molecule has 1 unspecified atom stereocenters. The number of ether oxygens (including phenoxy) is 2. The van der Waals surface area contributed by atoms with E-state index < -0.39 is 0 Å². The number of nitrogens with one attached hydrogen (secondary N) is 1. The zero-order chi connectivity index (χ0) is 13.8. The maximum absolute atomic E-state index is 11.9. The summed E-state index contributed by atoms with van der Waals surface area (Å²) in [6.07, 6.45) is 1.83. The topological polar surface area (TPSA) is 47.6 Å². The summed E-state index contributed by atoms with van der Waals surface area (Å²) in [4.78, 5) is 11.9. The Hall–Kier alpha value is -1.71. The summed E-state index contributed by atoms with van der Waals surface area (Å²) in [5, 5.41) is 3.09. The summed E-state index contributed by atoms with van der Waals surface area (Å²) < 4.78 is 10.9. The molecule has 1 aromatic rings. The maximum atomic E-state index is 11.9. The highest BCUT2D eigenvalue weighted by Crippen LogP contribution is 2.34. The SMILES string of the molecule is COc1ccc2c(c1)OCCCC2NC(=O)C(C)C. The van der Waals surface area contributed by atoms with Crippen LogP contribution in [-0.2, 0) is 4.79 Å². The molecule has 0 radical (unpaired) electrons. The highest BCUT2D eigenvalue weighted by molar-refractivity contribution is 5.78. The molecule has 1 atom stereocenters. The Labute approximate surface area is 114 Å². The lowest BCUT2D eigenvalue weighted by Gasteiger charge is -2.20. The molecule has 1 aliphatic heterocycles. The van der Waals surface area contributed by atoms with Gasteiger partial charge in [0.1, 0.15) is 11.5 Å². The van der Waals surface area contributed by atoms with E-state index in [2.05, 4.69) is 5.32 Å². The van der Waals surface area contributed by atoms with E-state index in [1.54, 1.807) is 7.11 Å². The number of fused-ring (bicyclic) bond motifs is 1. The number of hydrogen-bond donors (Lipinski definition) is 1. The van der Waals surface area contributed by atoms with Gasteiger partial charge in [-0.3, -0.25) is 4.79 Å². The lowest BCUT2D eigenvalue weighted by atomic mass is 10.0. The third-order valence-electron chi connectivity index (χ3n) is 3.33. The molecule has 4 heteroatoms. The van der Waals surface area contributed by atoms with E-state index in [0.717, 1.165) is 29.9 Å². The minimum atomic E-state index is -0.00845. The second-order valence-corrected chi connectivity index (χ2v) is 5.11. The maximum Gasteiger partial charge on any atom is 0.223 e. The van der Waals surface area contributed by atoms with Crippen LogP contribution in [0.2, 0.25) is 0 Å². The normalized spacial score (nSPS) is 18.2. The molecule has 2 rings (SSSR count). The molecule has 19 heavy (non-hydrogen) atoms. The van der Waals surface area contributed by atoms with E-state index in [1.807, 2.05) is 32.0 Å². The van der Waals surface area contributed by atoms with Gasteiger partial charge in [-0.05, 0) is 25.0 Å². The second kappa shape index (κ2) is 5.95. The largest absolute Gasteiger partial charge is 0.497 e. The first kappa shape index (κ1) is 13.7. The summed E-state index contributed by atoms with van der Waals surface area (Å²) in [6.45, 7) is 4.48. The van der Waals surface area contributed by atoms with Crippen LogP contribution in [0.15, 0.2) is 18.2 Å². The molecule has 4 nitrogen and oxygen atoms in total. The first-order valence-electron chi connectivity index (χ1n) is 6.73. The molecular weight excluding hydrogens is 242 g/mol. The van der Waals surface area contributed by atoms with Crippen LogP contribution in [0, 0.1) is 5.92 Å². The van der Waals surface area contributed by atoms with Crippen LogP contribution >= 0.6 is 0 Å². The highest BCUT2D eigenvalue weighted by Gasteiger charge is 2.22. The Morgan fingerprint density at radius 1 is 1.47 bits per heavy atom. The van der Waals surface area contributed by atoms with Crippen LogP contribution in [0.25, 0.3) is 0 Å². The first-order valence-corrected chi connectivity index (χ1v) is 6.73. The number of carbonyl (C=O) groups excluding carboxylic acids is 1. The fourth-order valence-corrected chi connectivity index (χ4v) is 2.17. The van der Waals surface area contributed by atoms with Crippen LogP contribution in [0.5, 0.6) is 11.5 Å². The molecule has 0 aromatic heterocycles. The van der Waals surface area contributed by atoms with Crippen molar-refractivity contribution in [2.45, 2.75) is 32.7 Å². The van der Waals surface area contributed by atoms with Gasteiger partial charge in [-0.25, -0.2) is 0 Å². The molecule has 1 aliphatic rings. The summed E-state index contributed by atoms with van der Waals surface area (Å²) in [7, 11) is 1.64. The number of rotatable bonds is 3. The number of amides is 1. The molecule has 0 spiro atoms. The molecule has 1 N–H and O–H groups in total. The predicted molar refractivity (Wildman–Crippen MR) is 73.4 cm³/mol. The predicted octanol–water partition coefficient (Wildman–Crippen LogP) is 2.68. The molecule has 1 aromatic carbocycles. The van der Waals surface area contributed by atoms with Crippen molar-refractivity contribution in [1.82, 2.24) is 5.32 Å². The lowest BCUT2D eigenvalue weighted by Crippen LogP contribution is -2.31. The third kappa shape index (κ3) is 3.19. The summed E-state index contributed by atoms with van der Waals surface area (Å²) >= 11 is 0. The lowest BCUT2D eigenvalue weighted by molar-refractivity contribution is -0.124. The molecule has 0 bridgehead atoms. The molecule has 1 heterocycles. The van der Waals surface area contributed by atoms with Gasteiger partial charge in [-0.2, -0.15) is 0 Å². The molecule has 0 aliphatic carbocycles. The minimum absolute atomic E-state index is 0.00845. The van der Waals surface area contributed by atoms with E-state index in [4.69, 9.17) is 9.47 Å². The number of benzene rings is 1. The van der Waals surface area contributed by atoms with Gasteiger partial charge in [-0.1, -0.05) is 13.8 Å². The van der Waals surface area contributed by atoms with Crippen LogP contribution in [0.4, 0.5) is 0 Å². The molecule has 0 saturated heterocycles. The van der Waals surface area contributed by atoms with Gasteiger partial charge < -0.3 is 14.8 Å². The van der Waals surface area contributed by atoms with Crippen molar-refractivity contribution >= 4 is 5.91 Å². The van der Waals surface area contributed by atoms with Crippen LogP contribution in [0.1, 0.15) is 38.3 Å². The van der Waals surface area contributed by atoms with Crippen molar-refractivity contribution in [2.24, 2.45) is 5.92 Å². The molecule has 1 amide bonds. The summed E-state index contributed by atoms with van der Waals surface area (Å²) in [5.41, 5.74) is 1.03. The van der Waals surface area contributed by atoms with E-state index in [-0.39, 0.29) is 17.9 Å². The van der Waals surface area contributed by atoms with Gasteiger partial charge in [0.05, 0.1) is 19.8 Å². The van der Waals surface area contributed by atoms with Crippen LogP contribution in [0.3, 0.4) is 0 Å². The van der Waals surface area contributed by atoms with Gasteiger partial charge >= 0.3 is 0 Å². The van der Waals surface area contributed by atoms with Crippen molar-refractivity contribution in [3.63, 3.8) is 0 Å². The highest BCUT2D eigenvalue weighted by atomic mass is 16.5. The van der Waals surface area contributed by atoms with Gasteiger partial charge in [0.2, 0.25) is 5.91 Å². The monoisotopic (exact) mass is 263 g/mol. The van der Waals surface area contributed by atoms with Crippen molar-refractivity contribution in [1.29, 1.82) is 0 Å². The molecule has 104 valence electrons. The van der Waals surface area contributed by atoms with Gasteiger partial charge in [0, 0.05) is 17.5 Å². The Bertz CT molecular complexity index is 457. The van der Waals surface area contributed by atoms with Crippen molar-refractivity contribution in [3.8, 4) is 11.5 Å². The second-order valence-electron chi connectivity index (χ2n) is 5.11. The van der Waals surface area contributed by atoms with Crippen LogP contribution < -0.4 is 14.8 Å². The smallest absolute Gasteiger partial charge is 0.223 e. The van der Waals surface area contributed by atoms with Crippen molar-refractivity contribution in [3.05, 3.63) is 23.8 Å². The van der Waals surface area contributed by atoms with Gasteiger partial charge in [0.25, 0.3) is 0 Å². The fourth-order valence-electron chi connectivity index (χ4n) is 2.17. The van der Waals surface area contributed by atoms with Gasteiger partial charge in [-0.15, -0.1) is 0 Å². The molecule has 0 saturated carbocycles. The standard InChI is InChI=1S/C15H21NO3/c1-10(2)15(17)16-13-5-4-8-19-14-9-11(18-3)6-7-12(13)14/h6-7,9-10,13H,4-5,8H2,1-3H3,(H,16,17). The number of carbonyl (C=O) groups is 1. The number of hydrogen-bond acceptors (Lipinski definition) is 3. The average molecular weight is 263 g/mol. The van der Waals surface area contributed by atoms with Crippen LogP contribution in [-0.4, -0.2) is 19.6 Å². The quantitative estimate of drug-likeness (QED) is 0.912. The Morgan fingerprint density at radius 3 is 2.95 bits per heavy atom. The Kier molecular flexibility index (Phi) is 4.30. The van der Waals surface area contributed by atoms with Crippen molar-refractivity contribution in [2.75, 3.05) is 13.7 Å². The van der Waals surface area contributed by atoms with E-state index >= 15 is 0 Å². The zero-order valence-corrected chi connectivity index (χ0v) is 11.7. The fraction of sp³-hybridized carbons (Fsp3) is 0.533. The Balaban J connectivity index is 2.25. The van der Waals surface area contributed by atoms with E-state index in [0.29, 0.717) is 6.61 Å². The molecule has 0 fully saturated rings. The molecular formula is C15H21NO3. The minimum Gasteiger partial charge on any atom is -0.497 e. The van der Waals surface area contributed by atoms with E-state index in [1.165, 1.54) is 0 Å². The van der Waals surface area contributed by atoms with Crippen molar-refractivity contribution < 1.29 is 14.3 Å². The average Bonchev–Trinajstić information content (AvgIpc) is 2.60. The number of methoxy groups -OCH3 is 1. The van der Waals surface area contributed by atoms with E-state index in [9.17, 15) is 4.79 Å². The summed E-state index contributed by atoms with van der Waals surface area (Å²) in [5.74, 6) is 1.65. The Morgan fingerprint density at radius 2 is 2.26 bits per heavy atom. The summed E-state index contributed by atoms with van der Waals surface area (Å²) in [6, 6.07) is 5.79. The first-order chi connectivity index (χ1) is 9.11. The van der Waals surface area contributed by atoms with Gasteiger partial charge in [0.15, 0.2) is 0 Å². The third-order valence-corrected chi connectivity index (χ3v) is 3.33.